The fourth-order valence-corrected chi connectivity index (χ4v) is 6.42. The zero-order chi connectivity index (χ0) is 22.1. The second kappa shape index (κ2) is 8.64. The van der Waals surface area contributed by atoms with Crippen LogP contribution in [-0.4, -0.2) is 74.1 Å². The highest BCUT2D eigenvalue weighted by atomic mass is 32.2. The molecule has 11 heteroatoms. The molecular formula is C20H27N5O5S. The summed E-state index contributed by atoms with van der Waals surface area (Å²) in [6, 6.07) is 3.32. The average Bonchev–Trinajstić information content (AvgIpc) is 3.11. The molecule has 4 heterocycles. The van der Waals surface area contributed by atoms with Gasteiger partial charge in [-0.05, 0) is 44.7 Å². The molecule has 2 fully saturated rings. The summed E-state index contributed by atoms with van der Waals surface area (Å²) in [6.07, 6.45) is 4.11. The Hall–Kier alpha value is -2.37. The highest BCUT2D eigenvalue weighted by molar-refractivity contribution is 7.93. The van der Waals surface area contributed by atoms with Crippen LogP contribution in [0.1, 0.15) is 41.9 Å². The van der Waals surface area contributed by atoms with Gasteiger partial charge in [0.05, 0.1) is 20.9 Å². The van der Waals surface area contributed by atoms with Crippen LogP contribution in [0.2, 0.25) is 0 Å². The summed E-state index contributed by atoms with van der Waals surface area (Å²) in [5.41, 5.74) is 0.564. The Morgan fingerprint density at radius 1 is 1.35 bits per heavy atom. The predicted octanol–water partition coefficient (Wildman–Crippen LogP) is 1.12. The van der Waals surface area contributed by atoms with E-state index in [0.29, 0.717) is 54.4 Å². The maximum Gasteiger partial charge on any atom is 0.286 e. The van der Waals surface area contributed by atoms with Crippen molar-refractivity contribution in [2.75, 3.05) is 31.8 Å². The third-order valence-corrected chi connectivity index (χ3v) is 8.14. The molecule has 2 aromatic rings. The first-order valence-electron chi connectivity index (χ1n) is 10.3. The lowest BCUT2D eigenvalue weighted by Gasteiger charge is -2.44. The predicted molar refractivity (Wildman–Crippen MR) is 113 cm³/mol. The van der Waals surface area contributed by atoms with E-state index in [1.54, 1.807) is 29.7 Å². The lowest BCUT2D eigenvalue weighted by atomic mass is 9.85. The number of aryl methyl sites for hydroxylation is 1. The van der Waals surface area contributed by atoms with Crippen LogP contribution >= 0.6 is 0 Å². The number of hydrogen-bond acceptors (Lipinski definition) is 7. The van der Waals surface area contributed by atoms with Crippen molar-refractivity contribution in [1.82, 2.24) is 19.9 Å². The maximum atomic E-state index is 13.3. The molecule has 31 heavy (non-hydrogen) atoms. The number of amides is 2. The molecule has 2 saturated heterocycles. The first-order valence-corrected chi connectivity index (χ1v) is 12.2. The molecule has 168 valence electrons. The van der Waals surface area contributed by atoms with Crippen molar-refractivity contribution >= 4 is 27.2 Å². The van der Waals surface area contributed by atoms with Gasteiger partial charge in [0.2, 0.25) is 5.91 Å². The Morgan fingerprint density at radius 2 is 2.13 bits per heavy atom. The highest BCUT2D eigenvalue weighted by Crippen LogP contribution is 2.36. The van der Waals surface area contributed by atoms with Gasteiger partial charge in [0.1, 0.15) is 12.4 Å². The van der Waals surface area contributed by atoms with Crippen molar-refractivity contribution in [3.63, 3.8) is 0 Å². The SMILES string of the molecule is COCC(=O)NC1CCOC2(CCS(=O)(=NC(=O)c3ccc4nnc(C)n4c3)CC2)C1. The number of hydrogen-bond donors (Lipinski definition) is 1. The average molecular weight is 450 g/mol. The van der Waals surface area contributed by atoms with Gasteiger partial charge in [0.15, 0.2) is 5.65 Å². The van der Waals surface area contributed by atoms with Gasteiger partial charge in [-0.25, -0.2) is 4.21 Å². The Balaban J connectivity index is 1.44. The van der Waals surface area contributed by atoms with Crippen LogP contribution in [0.15, 0.2) is 22.7 Å². The molecule has 10 nitrogen and oxygen atoms in total. The Morgan fingerprint density at radius 3 is 2.87 bits per heavy atom. The molecule has 0 aliphatic carbocycles. The van der Waals surface area contributed by atoms with E-state index in [0.717, 1.165) is 6.42 Å². The van der Waals surface area contributed by atoms with Crippen molar-refractivity contribution in [1.29, 1.82) is 0 Å². The van der Waals surface area contributed by atoms with Gasteiger partial charge in [-0.2, -0.15) is 4.36 Å². The third-order valence-electron chi connectivity index (χ3n) is 5.96. The van der Waals surface area contributed by atoms with E-state index in [1.807, 2.05) is 0 Å². The number of nitrogens with one attached hydrogen (secondary N) is 1. The number of pyridine rings is 1. The molecule has 2 amide bonds. The van der Waals surface area contributed by atoms with Crippen LogP contribution in [0, 0.1) is 6.92 Å². The smallest absolute Gasteiger partial charge is 0.286 e. The van der Waals surface area contributed by atoms with Crippen molar-refractivity contribution in [3.8, 4) is 0 Å². The fourth-order valence-electron chi connectivity index (χ4n) is 4.24. The van der Waals surface area contributed by atoms with Crippen molar-refractivity contribution in [3.05, 3.63) is 29.7 Å². The number of nitrogens with zero attached hydrogens (tertiary/aromatic N) is 4. The van der Waals surface area contributed by atoms with Gasteiger partial charge >= 0.3 is 0 Å². The van der Waals surface area contributed by atoms with Crippen LogP contribution in [0.5, 0.6) is 0 Å². The minimum absolute atomic E-state index is 0.00267. The first kappa shape index (κ1) is 21.8. The quantitative estimate of drug-likeness (QED) is 0.742. The van der Waals surface area contributed by atoms with Crippen LogP contribution in [0.4, 0.5) is 0 Å². The molecule has 1 N–H and O–H groups in total. The minimum Gasteiger partial charge on any atom is -0.375 e. The van der Waals surface area contributed by atoms with Crippen molar-refractivity contribution in [2.24, 2.45) is 4.36 Å². The van der Waals surface area contributed by atoms with E-state index >= 15 is 0 Å². The number of carbonyl (C=O) groups is 2. The largest absolute Gasteiger partial charge is 0.375 e. The standard InChI is InChI=1S/C20H27N5O5S/c1-14-22-23-17-4-3-15(12-25(14)17)19(27)24-31(28)9-6-20(7-10-31)11-16(5-8-30-20)21-18(26)13-29-2/h3-4,12,16H,5-11,13H2,1-2H3,(H,21,26). The number of methoxy groups -OCH3 is 1. The van der Waals surface area contributed by atoms with E-state index in [2.05, 4.69) is 19.9 Å². The fraction of sp³-hybridized carbons (Fsp3) is 0.600. The van der Waals surface area contributed by atoms with Crippen LogP contribution in [-0.2, 0) is 24.0 Å². The molecule has 0 saturated carbocycles. The minimum atomic E-state index is -2.66. The summed E-state index contributed by atoms with van der Waals surface area (Å²) in [4.78, 5) is 24.5. The summed E-state index contributed by atoms with van der Waals surface area (Å²) in [6.45, 7) is 2.36. The van der Waals surface area contributed by atoms with Crippen LogP contribution < -0.4 is 5.32 Å². The summed E-state index contributed by atoms with van der Waals surface area (Å²) in [5.74, 6) is 0.613. The molecule has 1 atom stereocenters. The van der Waals surface area contributed by atoms with Gasteiger partial charge in [-0.15, -0.1) is 10.2 Å². The Labute approximate surface area is 180 Å². The molecule has 0 aromatic carbocycles. The molecule has 1 unspecified atom stereocenters. The van der Waals surface area contributed by atoms with Gasteiger partial charge in [0.25, 0.3) is 5.91 Å². The molecule has 2 aromatic heterocycles. The number of rotatable bonds is 4. The second-order valence-electron chi connectivity index (χ2n) is 8.19. The Bertz CT molecular complexity index is 1110. The maximum absolute atomic E-state index is 13.3. The van der Waals surface area contributed by atoms with Gasteiger partial charge in [0, 0.05) is 37.5 Å². The topological polar surface area (TPSA) is 124 Å². The number of fused-ring (bicyclic) bond motifs is 1. The summed E-state index contributed by atoms with van der Waals surface area (Å²) in [5, 5.41) is 11.0. The summed E-state index contributed by atoms with van der Waals surface area (Å²) >= 11 is 0. The van der Waals surface area contributed by atoms with Gasteiger partial charge in [-0.3, -0.25) is 14.0 Å². The monoisotopic (exact) mass is 449 g/mol. The normalized spacial score (nSPS) is 28.5. The van der Waals surface area contributed by atoms with Crippen LogP contribution in [0.25, 0.3) is 5.65 Å². The molecule has 1 spiro atoms. The highest BCUT2D eigenvalue weighted by Gasteiger charge is 2.42. The lowest BCUT2D eigenvalue weighted by Crippen LogP contribution is -2.52. The van der Waals surface area contributed by atoms with E-state index in [-0.39, 0.29) is 18.6 Å². The second-order valence-corrected chi connectivity index (χ2v) is 10.7. The molecular weight excluding hydrogens is 422 g/mol. The summed E-state index contributed by atoms with van der Waals surface area (Å²) < 4.78 is 30.0. The van der Waals surface area contributed by atoms with E-state index in [9.17, 15) is 13.8 Å². The molecule has 0 bridgehead atoms. The Kier molecular flexibility index (Phi) is 6.09. The van der Waals surface area contributed by atoms with E-state index in [4.69, 9.17) is 9.47 Å². The molecule has 2 aliphatic rings. The zero-order valence-corrected chi connectivity index (χ0v) is 18.5. The first-order chi connectivity index (χ1) is 14.8. The number of ether oxygens (including phenoxy) is 2. The summed E-state index contributed by atoms with van der Waals surface area (Å²) in [7, 11) is -1.18. The van der Waals surface area contributed by atoms with Crippen molar-refractivity contribution < 1.29 is 23.3 Å². The lowest BCUT2D eigenvalue weighted by molar-refractivity contribution is -0.129. The number of carbonyl (C=O) groups excluding carboxylic acids is 2. The molecule has 0 radical (unpaired) electrons. The number of aromatic nitrogens is 3. The van der Waals surface area contributed by atoms with E-state index in [1.165, 1.54) is 7.11 Å². The van der Waals surface area contributed by atoms with E-state index < -0.39 is 21.2 Å². The van der Waals surface area contributed by atoms with Gasteiger partial charge in [-0.1, -0.05) is 0 Å². The molecule has 2 aliphatic heterocycles. The van der Waals surface area contributed by atoms with Crippen molar-refractivity contribution in [2.45, 2.75) is 44.2 Å². The molecule has 4 rings (SSSR count). The van der Waals surface area contributed by atoms with Gasteiger partial charge < -0.3 is 14.8 Å². The third kappa shape index (κ3) is 4.78. The van der Waals surface area contributed by atoms with Crippen LogP contribution in [0.3, 0.4) is 0 Å². The zero-order valence-electron chi connectivity index (χ0n) is 17.7.